The smallest absolute Gasteiger partial charge is 0.0972 e. The number of pyridine rings is 3. The van der Waals surface area contributed by atoms with Crippen LogP contribution in [-0.2, 0) is 5.41 Å². The molecule has 3 nitrogen and oxygen atoms in total. The lowest BCUT2D eigenvalue weighted by atomic mass is 9.67. The molecule has 3 heterocycles. The van der Waals surface area contributed by atoms with Crippen molar-refractivity contribution < 1.29 is 0 Å². The normalized spacial score (nSPS) is 13.1. The second-order valence-electron chi connectivity index (χ2n) is 13.9. The van der Waals surface area contributed by atoms with Gasteiger partial charge in [-0.25, -0.2) is 9.97 Å². The van der Waals surface area contributed by atoms with E-state index in [0.29, 0.717) is 0 Å². The molecule has 0 unspecified atom stereocenters. The minimum atomic E-state index is -0.438. The van der Waals surface area contributed by atoms with Crippen molar-refractivity contribution in [3.63, 3.8) is 0 Å². The Bertz CT molecular complexity index is 3020. The van der Waals surface area contributed by atoms with Crippen molar-refractivity contribution in [1.82, 2.24) is 15.0 Å². The summed E-state index contributed by atoms with van der Waals surface area (Å²) in [6, 6.07) is 65.4. The van der Waals surface area contributed by atoms with Crippen LogP contribution in [0.15, 0.2) is 188 Å². The van der Waals surface area contributed by atoms with Crippen molar-refractivity contribution >= 4 is 43.5 Å². The van der Waals surface area contributed by atoms with Crippen molar-refractivity contribution in [3.8, 4) is 33.6 Å². The summed E-state index contributed by atoms with van der Waals surface area (Å²) in [5, 5.41) is 5.63. The first-order valence-corrected chi connectivity index (χ1v) is 18.1. The van der Waals surface area contributed by atoms with Crippen LogP contribution in [-0.4, -0.2) is 15.0 Å². The average Bonchev–Trinajstić information content (AvgIpc) is 3.55. The lowest BCUT2D eigenvalue weighted by Crippen LogP contribution is -2.28. The Labute approximate surface area is 306 Å². The highest BCUT2D eigenvalue weighted by molar-refractivity contribution is 6.08. The maximum absolute atomic E-state index is 5.39. The Morgan fingerprint density at radius 2 is 0.962 bits per heavy atom. The number of aromatic nitrogens is 3. The molecular formula is C50H31N3. The summed E-state index contributed by atoms with van der Waals surface area (Å²) in [5.74, 6) is 0. The van der Waals surface area contributed by atoms with Crippen LogP contribution < -0.4 is 0 Å². The van der Waals surface area contributed by atoms with Crippen LogP contribution in [0.2, 0.25) is 0 Å². The van der Waals surface area contributed by atoms with Crippen LogP contribution in [0.25, 0.3) is 77.1 Å². The largest absolute Gasteiger partial charge is 0.254 e. The lowest BCUT2D eigenvalue weighted by molar-refractivity contribution is 0.769. The van der Waals surface area contributed by atoms with Crippen LogP contribution in [0, 0.1) is 0 Å². The van der Waals surface area contributed by atoms with E-state index in [9.17, 15) is 0 Å². The molecule has 1 aliphatic carbocycles. The molecule has 11 rings (SSSR count). The summed E-state index contributed by atoms with van der Waals surface area (Å²) in [6.07, 6.45) is 1.84. The monoisotopic (exact) mass is 673 g/mol. The Hall–Kier alpha value is -6.97. The van der Waals surface area contributed by atoms with Crippen LogP contribution in [0.1, 0.15) is 22.3 Å². The van der Waals surface area contributed by atoms with E-state index in [-0.39, 0.29) is 0 Å². The third-order valence-corrected chi connectivity index (χ3v) is 11.2. The van der Waals surface area contributed by atoms with E-state index in [0.717, 1.165) is 66.0 Å². The number of fused-ring (bicyclic) bond motifs is 9. The molecular weight excluding hydrogens is 643 g/mol. The molecule has 0 spiro atoms. The Morgan fingerprint density at radius 1 is 0.358 bits per heavy atom. The van der Waals surface area contributed by atoms with Crippen LogP contribution in [0.4, 0.5) is 0 Å². The van der Waals surface area contributed by atoms with Crippen LogP contribution in [0.5, 0.6) is 0 Å². The lowest BCUT2D eigenvalue weighted by Gasteiger charge is -2.33. The van der Waals surface area contributed by atoms with E-state index in [1.54, 1.807) is 0 Å². The van der Waals surface area contributed by atoms with E-state index in [1.165, 1.54) is 33.4 Å². The fourth-order valence-corrected chi connectivity index (χ4v) is 8.93. The summed E-state index contributed by atoms with van der Waals surface area (Å²) in [6.45, 7) is 0. The van der Waals surface area contributed by atoms with Gasteiger partial charge in [0.25, 0.3) is 0 Å². The fraction of sp³-hybridized carbons (Fsp3) is 0.0200. The molecule has 7 aromatic carbocycles. The van der Waals surface area contributed by atoms with Crippen molar-refractivity contribution in [1.29, 1.82) is 0 Å². The maximum Gasteiger partial charge on any atom is 0.0972 e. The molecule has 3 heteroatoms. The van der Waals surface area contributed by atoms with E-state index in [2.05, 4.69) is 181 Å². The summed E-state index contributed by atoms with van der Waals surface area (Å²) in [5.41, 5.74) is 14.1. The van der Waals surface area contributed by atoms with Crippen molar-refractivity contribution in [2.24, 2.45) is 0 Å². The van der Waals surface area contributed by atoms with E-state index in [1.807, 2.05) is 12.3 Å². The van der Waals surface area contributed by atoms with Gasteiger partial charge in [-0.15, -0.1) is 0 Å². The number of benzene rings is 7. The quantitative estimate of drug-likeness (QED) is 0.175. The first-order valence-electron chi connectivity index (χ1n) is 18.1. The topological polar surface area (TPSA) is 38.7 Å². The minimum Gasteiger partial charge on any atom is -0.254 e. The predicted molar refractivity (Wildman–Crippen MR) is 218 cm³/mol. The summed E-state index contributed by atoms with van der Waals surface area (Å²) >= 11 is 0. The molecule has 53 heavy (non-hydrogen) atoms. The molecule has 0 aliphatic heterocycles. The van der Waals surface area contributed by atoms with Gasteiger partial charge in [-0.1, -0.05) is 158 Å². The highest BCUT2D eigenvalue weighted by atomic mass is 14.8. The van der Waals surface area contributed by atoms with Crippen molar-refractivity contribution in [2.45, 2.75) is 5.41 Å². The van der Waals surface area contributed by atoms with Gasteiger partial charge in [-0.05, 0) is 68.4 Å². The summed E-state index contributed by atoms with van der Waals surface area (Å²) in [7, 11) is 0. The third-order valence-electron chi connectivity index (χ3n) is 11.2. The third kappa shape index (κ3) is 4.31. The second kappa shape index (κ2) is 11.5. The molecule has 0 bridgehead atoms. The molecule has 3 aromatic heterocycles. The highest BCUT2D eigenvalue weighted by Crippen LogP contribution is 2.57. The molecule has 0 atom stereocenters. The number of hydrogen-bond acceptors (Lipinski definition) is 3. The zero-order chi connectivity index (χ0) is 34.9. The van der Waals surface area contributed by atoms with E-state index in [4.69, 9.17) is 9.97 Å². The predicted octanol–water partition coefficient (Wildman–Crippen LogP) is 12.2. The molecule has 0 saturated heterocycles. The van der Waals surface area contributed by atoms with Gasteiger partial charge in [-0.2, -0.15) is 0 Å². The van der Waals surface area contributed by atoms with Gasteiger partial charge in [0, 0.05) is 33.5 Å². The van der Waals surface area contributed by atoms with Gasteiger partial charge in [0.1, 0.15) is 0 Å². The molecule has 0 fully saturated rings. The standard InChI is InChI=1S/C50H31N3/c1-3-13-34(14-4-1)50(35-15-5-2-6-16-35)42-22-8-7-17-40(42)47-41-26-29-44(52-46(41)30-27-43(47)50)38-20-9-19-37-36(38)18-10-21-39(37)45-28-25-33-24-23-32-12-11-31-51-48(32)49(33)53-45/h1-31H. The average molecular weight is 674 g/mol. The zero-order valence-corrected chi connectivity index (χ0v) is 28.7. The Balaban J connectivity index is 1.09. The molecule has 10 aromatic rings. The molecule has 0 saturated carbocycles. The molecule has 0 radical (unpaired) electrons. The minimum absolute atomic E-state index is 0.438. The molecule has 0 N–H and O–H groups in total. The van der Waals surface area contributed by atoms with Gasteiger partial charge >= 0.3 is 0 Å². The molecule has 246 valence electrons. The molecule has 0 amide bonds. The maximum atomic E-state index is 5.39. The van der Waals surface area contributed by atoms with Gasteiger partial charge < -0.3 is 0 Å². The fourth-order valence-electron chi connectivity index (χ4n) is 8.93. The second-order valence-corrected chi connectivity index (χ2v) is 13.9. The van der Waals surface area contributed by atoms with Crippen molar-refractivity contribution in [3.05, 3.63) is 210 Å². The van der Waals surface area contributed by atoms with Crippen molar-refractivity contribution in [2.75, 3.05) is 0 Å². The zero-order valence-electron chi connectivity index (χ0n) is 28.7. The van der Waals surface area contributed by atoms with Crippen LogP contribution in [0.3, 0.4) is 0 Å². The Morgan fingerprint density at radius 3 is 1.70 bits per heavy atom. The highest BCUT2D eigenvalue weighted by Gasteiger charge is 2.46. The van der Waals surface area contributed by atoms with Gasteiger partial charge in [0.15, 0.2) is 0 Å². The van der Waals surface area contributed by atoms with Gasteiger partial charge in [-0.3, -0.25) is 4.98 Å². The van der Waals surface area contributed by atoms with Crippen LogP contribution >= 0.6 is 0 Å². The van der Waals surface area contributed by atoms with Gasteiger partial charge in [0.05, 0.1) is 33.4 Å². The van der Waals surface area contributed by atoms with E-state index >= 15 is 0 Å². The number of hydrogen-bond donors (Lipinski definition) is 0. The van der Waals surface area contributed by atoms with Gasteiger partial charge in [0.2, 0.25) is 0 Å². The first-order chi connectivity index (χ1) is 26.3. The number of rotatable bonds is 4. The molecule has 1 aliphatic rings. The number of nitrogens with zero attached hydrogens (tertiary/aromatic N) is 3. The summed E-state index contributed by atoms with van der Waals surface area (Å²) in [4.78, 5) is 15.3. The summed E-state index contributed by atoms with van der Waals surface area (Å²) < 4.78 is 0. The Kier molecular flexibility index (Phi) is 6.47. The SMILES string of the molecule is c1ccc(C2(c3ccccc3)c3ccccc3-c3c2ccc2nc(-c4cccc5c(-c6ccc7ccc8cccnc8c7n6)cccc45)ccc32)cc1. The first kappa shape index (κ1) is 29.7. The van der Waals surface area contributed by atoms with E-state index < -0.39 is 5.41 Å².